The Hall–Kier alpha value is -3.59. The molecule has 0 radical (unpaired) electrons. The lowest BCUT2D eigenvalue weighted by Gasteiger charge is -2.53. The number of amides is 1. The number of hydrogen-bond donors (Lipinski definition) is 2. The fourth-order valence-corrected chi connectivity index (χ4v) is 10.5. The monoisotopic (exact) mass is 791 g/mol. The molecule has 3 atom stereocenters. The van der Waals surface area contributed by atoms with E-state index in [1.165, 1.54) is 4.90 Å². The number of alkyl halides is 5. The molecule has 2 saturated carbocycles. The Morgan fingerprint density at radius 1 is 1.04 bits per heavy atom. The van der Waals surface area contributed by atoms with Crippen LogP contribution >= 0.6 is 0 Å². The second-order valence-corrected chi connectivity index (χ2v) is 17.8. The number of carbonyl (C=O) groups excluding carboxylic acids is 1. The molecule has 3 aliphatic heterocycles. The van der Waals surface area contributed by atoms with Crippen molar-refractivity contribution >= 4 is 23.5 Å². The number of anilines is 2. The largest absolute Gasteiger partial charge is 0.490 e. The normalized spacial score (nSPS) is 25.1. The molecule has 5 aliphatic rings. The number of nitrogens with zero attached hydrogens (tertiary/aromatic N) is 4. The van der Waals surface area contributed by atoms with E-state index in [0.717, 1.165) is 56.0 Å². The number of aliphatic carboxylic acids is 1. The SMILES string of the molecule is CC1CCCC(C(NC(=O)c2cnc(N3CC4(CCOCC4)c4cc(OC5CCC6(CC5)CN(CC(F)(F)F)C6)ccc43)nc2C(C)(F)F)(C(=O)O)C(C)C)C1. The van der Waals surface area contributed by atoms with Crippen molar-refractivity contribution in [2.24, 2.45) is 23.2 Å². The third-order valence-corrected chi connectivity index (χ3v) is 13.4. The Balaban J connectivity index is 1.13. The molecule has 7 rings (SSSR count). The van der Waals surface area contributed by atoms with Crippen molar-refractivity contribution in [1.82, 2.24) is 20.2 Å². The fraction of sp³-hybridized carbons (Fsp3) is 0.707. The molecule has 2 saturated heterocycles. The number of likely N-dealkylation sites (tertiary alicyclic amines) is 1. The number of halogens is 5. The Kier molecular flexibility index (Phi) is 10.9. The summed E-state index contributed by atoms with van der Waals surface area (Å²) in [6, 6.07) is 5.71. The molecule has 0 bridgehead atoms. The lowest BCUT2D eigenvalue weighted by Crippen LogP contribution is -2.63. The zero-order chi connectivity index (χ0) is 40.3. The van der Waals surface area contributed by atoms with Gasteiger partial charge in [-0.05, 0) is 98.3 Å². The molecule has 1 aromatic carbocycles. The van der Waals surface area contributed by atoms with Crippen LogP contribution in [-0.4, -0.2) is 89.1 Å². The summed E-state index contributed by atoms with van der Waals surface area (Å²) in [5, 5.41) is 13.3. The minimum absolute atomic E-state index is 0.00321. The van der Waals surface area contributed by atoms with Gasteiger partial charge in [-0.1, -0.05) is 33.6 Å². The molecule has 1 aromatic heterocycles. The number of ether oxygens (including phenoxy) is 2. The average molecular weight is 792 g/mol. The summed E-state index contributed by atoms with van der Waals surface area (Å²) in [6.07, 6.45) is 4.22. The van der Waals surface area contributed by atoms with Crippen LogP contribution in [0.5, 0.6) is 5.75 Å². The third kappa shape index (κ3) is 7.82. The van der Waals surface area contributed by atoms with Crippen molar-refractivity contribution < 1.29 is 46.1 Å². The maximum absolute atomic E-state index is 15.5. The van der Waals surface area contributed by atoms with Gasteiger partial charge in [0.25, 0.3) is 11.8 Å². The Bertz CT molecular complexity index is 1780. The van der Waals surface area contributed by atoms with Crippen LogP contribution in [0, 0.1) is 23.2 Å². The topological polar surface area (TPSA) is 117 Å². The predicted molar refractivity (Wildman–Crippen MR) is 198 cm³/mol. The van der Waals surface area contributed by atoms with E-state index in [-0.39, 0.29) is 29.3 Å². The van der Waals surface area contributed by atoms with Gasteiger partial charge in [-0.25, -0.2) is 14.8 Å². The highest BCUT2D eigenvalue weighted by molar-refractivity contribution is 5.99. The van der Waals surface area contributed by atoms with E-state index >= 15 is 8.78 Å². The fourth-order valence-electron chi connectivity index (χ4n) is 10.5. The zero-order valence-electron chi connectivity index (χ0n) is 32.7. The number of hydrogen-bond acceptors (Lipinski definition) is 8. The summed E-state index contributed by atoms with van der Waals surface area (Å²) in [5.41, 5.74) is -1.69. The van der Waals surface area contributed by atoms with Gasteiger partial charge in [0.2, 0.25) is 5.95 Å². The first-order valence-corrected chi connectivity index (χ1v) is 20.1. The molecule has 1 amide bonds. The van der Waals surface area contributed by atoms with Crippen LogP contribution in [0.4, 0.5) is 33.6 Å². The van der Waals surface area contributed by atoms with Crippen LogP contribution < -0.4 is 15.0 Å². The number of aromatic nitrogens is 2. The van der Waals surface area contributed by atoms with E-state index in [1.807, 2.05) is 18.2 Å². The summed E-state index contributed by atoms with van der Waals surface area (Å²) in [7, 11) is 0. The van der Waals surface area contributed by atoms with Crippen molar-refractivity contribution in [3.63, 3.8) is 0 Å². The number of carboxylic acid groups (broad SMARTS) is 1. The molecule has 4 heterocycles. The third-order valence-electron chi connectivity index (χ3n) is 13.4. The first-order valence-electron chi connectivity index (χ1n) is 20.1. The summed E-state index contributed by atoms with van der Waals surface area (Å²) in [6.45, 7) is 7.64. The molecule has 308 valence electrons. The van der Waals surface area contributed by atoms with Crippen LogP contribution in [0.15, 0.2) is 24.4 Å². The predicted octanol–water partition coefficient (Wildman–Crippen LogP) is 8.01. The van der Waals surface area contributed by atoms with Gasteiger partial charge < -0.3 is 24.8 Å². The van der Waals surface area contributed by atoms with Gasteiger partial charge in [0, 0.05) is 57.1 Å². The number of benzene rings is 1. The quantitative estimate of drug-likeness (QED) is 0.231. The van der Waals surface area contributed by atoms with Gasteiger partial charge in [-0.2, -0.15) is 22.0 Å². The van der Waals surface area contributed by atoms with Crippen LogP contribution in [0.3, 0.4) is 0 Å². The molecular formula is C41H54F5N5O5. The van der Waals surface area contributed by atoms with Gasteiger partial charge in [-0.15, -0.1) is 0 Å². The Labute approximate surface area is 324 Å². The van der Waals surface area contributed by atoms with Gasteiger partial charge in [0.15, 0.2) is 0 Å². The number of carboxylic acids is 1. The number of fused-ring (bicyclic) bond motifs is 2. The molecule has 3 unspecified atom stereocenters. The maximum atomic E-state index is 15.5. The molecule has 2 N–H and O–H groups in total. The molecule has 4 fully saturated rings. The second kappa shape index (κ2) is 15.0. The first kappa shape index (κ1) is 40.6. The smallest absolute Gasteiger partial charge is 0.401 e. The van der Waals surface area contributed by atoms with E-state index in [2.05, 4.69) is 22.2 Å². The van der Waals surface area contributed by atoms with E-state index in [9.17, 15) is 27.9 Å². The summed E-state index contributed by atoms with van der Waals surface area (Å²) in [4.78, 5) is 39.1. The van der Waals surface area contributed by atoms with E-state index in [0.29, 0.717) is 71.2 Å². The average Bonchev–Trinajstić information content (AvgIpc) is 3.41. The number of carbonyl (C=O) groups is 2. The van der Waals surface area contributed by atoms with Crippen molar-refractivity contribution in [3.05, 3.63) is 41.2 Å². The maximum Gasteiger partial charge on any atom is 0.401 e. The first-order chi connectivity index (χ1) is 26.3. The molecular weight excluding hydrogens is 737 g/mol. The van der Waals surface area contributed by atoms with Crippen LogP contribution in [0.2, 0.25) is 0 Å². The van der Waals surface area contributed by atoms with E-state index < -0.39 is 58.6 Å². The lowest BCUT2D eigenvalue weighted by atomic mass is 9.66. The summed E-state index contributed by atoms with van der Waals surface area (Å²) >= 11 is 0. The van der Waals surface area contributed by atoms with Crippen LogP contribution in [0.1, 0.15) is 114 Å². The van der Waals surface area contributed by atoms with Crippen molar-refractivity contribution in [1.29, 1.82) is 0 Å². The molecule has 10 nitrogen and oxygen atoms in total. The highest BCUT2D eigenvalue weighted by atomic mass is 19.4. The van der Waals surface area contributed by atoms with Crippen molar-refractivity contribution in [3.8, 4) is 5.75 Å². The van der Waals surface area contributed by atoms with Gasteiger partial charge in [0.05, 0.1) is 18.2 Å². The Morgan fingerprint density at radius 3 is 2.34 bits per heavy atom. The standard InChI is InChI=1S/C41H54F5N5O5/c1-25(2)41(35(53)54,27-7-5-6-26(3)18-27)49-34(52)30-20-47-36(48-33(30)37(4,42)43)51-23-39(14-16-55-17-15-39)31-19-29(8-9-32(31)51)56-28-10-12-38(13-11-28)21-50(22-38)24-40(44,45)46/h8-9,19-20,25-28H,5-7,10-18,21-24H2,1-4H3,(H,49,52)(H,53,54). The van der Waals surface area contributed by atoms with Crippen LogP contribution in [0.25, 0.3) is 0 Å². The van der Waals surface area contributed by atoms with E-state index in [4.69, 9.17) is 9.47 Å². The molecule has 2 spiro atoms. The van der Waals surface area contributed by atoms with Crippen molar-refractivity contribution in [2.75, 3.05) is 44.3 Å². The lowest BCUT2D eigenvalue weighted by molar-refractivity contribution is -0.174. The number of rotatable bonds is 10. The van der Waals surface area contributed by atoms with Gasteiger partial charge >= 0.3 is 12.1 Å². The van der Waals surface area contributed by atoms with Crippen molar-refractivity contribution in [2.45, 2.75) is 121 Å². The van der Waals surface area contributed by atoms with E-state index in [1.54, 1.807) is 18.7 Å². The molecule has 2 aromatic rings. The Morgan fingerprint density at radius 2 is 1.73 bits per heavy atom. The molecule has 15 heteroatoms. The highest BCUT2D eigenvalue weighted by Gasteiger charge is 2.52. The van der Waals surface area contributed by atoms with Gasteiger partial charge in [-0.3, -0.25) is 9.69 Å². The zero-order valence-corrected chi connectivity index (χ0v) is 32.7. The number of nitrogens with one attached hydrogen (secondary N) is 1. The van der Waals surface area contributed by atoms with Crippen LogP contribution in [-0.2, 0) is 20.9 Å². The minimum Gasteiger partial charge on any atom is -0.490 e. The van der Waals surface area contributed by atoms with Gasteiger partial charge in [0.1, 0.15) is 17.0 Å². The second-order valence-electron chi connectivity index (χ2n) is 17.8. The highest BCUT2D eigenvalue weighted by Crippen LogP contribution is 2.51. The minimum atomic E-state index is -4.19. The molecule has 56 heavy (non-hydrogen) atoms. The molecule has 2 aliphatic carbocycles. The summed E-state index contributed by atoms with van der Waals surface area (Å²) in [5.74, 6) is -5.66. The summed E-state index contributed by atoms with van der Waals surface area (Å²) < 4.78 is 81.8.